The van der Waals surface area contributed by atoms with Gasteiger partial charge in [-0.15, -0.1) is 0 Å². The van der Waals surface area contributed by atoms with Crippen LogP contribution in [0.15, 0.2) is 36.9 Å². The van der Waals surface area contributed by atoms with Gasteiger partial charge in [-0.2, -0.15) is 0 Å². The fourth-order valence-electron chi connectivity index (χ4n) is 2.71. The Hall–Kier alpha value is -2.10. The molecule has 2 amide bonds. The number of carbonyl (C=O) groups is 2. The molecule has 2 rings (SSSR count). The van der Waals surface area contributed by atoms with E-state index in [1.165, 1.54) is 25.3 Å². The zero-order valence-electron chi connectivity index (χ0n) is 12.4. The van der Waals surface area contributed by atoms with E-state index in [4.69, 9.17) is 0 Å². The van der Waals surface area contributed by atoms with Gasteiger partial charge in [-0.05, 0) is 43.0 Å². The molecule has 0 radical (unpaired) electrons. The van der Waals surface area contributed by atoms with Crippen molar-refractivity contribution in [3.05, 3.63) is 42.5 Å². The fraction of sp³-hybridized carbons (Fsp3) is 0.412. The molecule has 4 heteroatoms. The van der Waals surface area contributed by atoms with Crippen LogP contribution in [0, 0.1) is 5.92 Å². The first-order valence-corrected chi connectivity index (χ1v) is 7.44. The van der Waals surface area contributed by atoms with Crippen molar-refractivity contribution < 1.29 is 9.59 Å². The predicted octanol–water partition coefficient (Wildman–Crippen LogP) is 3.12. The standard InChI is InChI=1S/C17H22N2O2/c1-3-16(20)18-14-9-6-8-13(11-14)17(21)19-15-10-5-4-7-12(15)2/h3,6,8-9,11-12,15H,1,4-5,7,10H2,2H3,(H,18,20)(H,19,21)/t12-,15+/m1/s1. The van der Waals surface area contributed by atoms with E-state index in [9.17, 15) is 9.59 Å². The summed E-state index contributed by atoms with van der Waals surface area (Å²) in [5.74, 6) is 0.156. The van der Waals surface area contributed by atoms with E-state index >= 15 is 0 Å². The van der Waals surface area contributed by atoms with E-state index < -0.39 is 0 Å². The van der Waals surface area contributed by atoms with Gasteiger partial charge in [0, 0.05) is 17.3 Å². The molecule has 1 fully saturated rings. The first-order valence-electron chi connectivity index (χ1n) is 7.44. The SMILES string of the molecule is C=CC(=O)Nc1cccc(C(=O)N[C@H]2CCCC[C@H]2C)c1. The molecule has 0 saturated heterocycles. The highest BCUT2D eigenvalue weighted by atomic mass is 16.2. The summed E-state index contributed by atoms with van der Waals surface area (Å²) in [6, 6.07) is 7.20. The van der Waals surface area contributed by atoms with Gasteiger partial charge in [0.25, 0.3) is 5.91 Å². The monoisotopic (exact) mass is 286 g/mol. The molecule has 0 spiro atoms. The highest BCUT2D eigenvalue weighted by Gasteiger charge is 2.23. The molecule has 1 saturated carbocycles. The minimum absolute atomic E-state index is 0.0801. The zero-order chi connectivity index (χ0) is 15.2. The number of hydrogen-bond acceptors (Lipinski definition) is 2. The summed E-state index contributed by atoms with van der Waals surface area (Å²) < 4.78 is 0. The second-order valence-electron chi connectivity index (χ2n) is 5.62. The maximum Gasteiger partial charge on any atom is 0.251 e. The first-order chi connectivity index (χ1) is 10.1. The molecule has 1 aromatic carbocycles. The average molecular weight is 286 g/mol. The van der Waals surface area contributed by atoms with Gasteiger partial charge in [0.15, 0.2) is 0 Å². The molecule has 0 unspecified atom stereocenters. The zero-order valence-corrected chi connectivity index (χ0v) is 12.4. The largest absolute Gasteiger partial charge is 0.349 e. The Morgan fingerprint density at radius 2 is 2.05 bits per heavy atom. The summed E-state index contributed by atoms with van der Waals surface area (Å²) in [7, 11) is 0. The van der Waals surface area contributed by atoms with E-state index in [0.717, 1.165) is 6.42 Å². The Kier molecular flexibility index (Phi) is 5.14. The van der Waals surface area contributed by atoms with E-state index in [1.54, 1.807) is 24.3 Å². The number of amides is 2. The van der Waals surface area contributed by atoms with E-state index in [0.29, 0.717) is 17.2 Å². The van der Waals surface area contributed by atoms with Gasteiger partial charge in [-0.25, -0.2) is 0 Å². The highest BCUT2D eigenvalue weighted by molar-refractivity contribution is 6.00. The summed E-state index contributed by atoms with van der Waals surface area (Å²) in [6.45, 7) is 5.59. The number of hydrogen-bond donors (Lipinski definition) is 2. The van der Waals surface area contributed by atoms with Crippen molar-refractivity contribution in [3.8, 4) is 0 Å². The Balaban J connectivity index is 2.03. The minimum Gasteiger partial charge on any atom is -0.349 e. The predicted molar refractivity (Wildman–Crippen MR) is 84.2 cm³/mol. The van der Waals surface area contributed by atoms with Crippen LogP contribution in [0.3, 0.4) is 0 Å². The lowest BCUT2D eigenvalue weighted by atomic mass is 9.86. The number of nitrogens with one attached hydrogen (secondary N) is 2. The maximum absolute atomic E-state index is 12.3. The molecule has 1 aromatic rings. The van der Waals surface area contributed by atoms with Crippen LogP contribution in [-0.2, 0) is 4.79 Å². The normalized spacial score (nSPS) is 21.4. The van der Waals surface area contributed by atoms with Gasteiger partial charge < -0.3 is 10.6 Å². The molecular weight excluding hydrogens is 264 g/mol. The summed E-state index contributed by atoms with van der Waals surface area (Å²) in [4.78, 5) is 23.6. The quantitative estimate of drug-likeness (QED) is 0.835. The Morgan fingerprint density at radius 3 is 2.76 bits per heavy atom. The number of benzene rings is 1. The Morgan fingerprint density at radius 1 is 1.29 bits per heavy atom. The van der Waals surface area contributed by atoms with Crippen molar-refractivity contribution in [1.82, 2.24) is 5.32 Å². The molecule has 0 heterocycles. The molecule has 21 heavy (non-hydrogen) atoms. The molecule has 0 aliphatic heterocycles. The number of carbonyl (C=O) groups excluding carboxylic acids is 2. The van der Waals surface area contributed by atoms with Crippen molar-refractivity contribution >= 4 is 17.5 Å². The summed E-state index contributed by atoms with van der Waals surface area (Å²) in [6.07, 6.45) is 5.83. The molecule has 1 aliphatic rings. The van der Waals surface area contributed by atoms with Crippen LogP contribution < -0.4 is 10.6 Å². The van der Waals surface area contributed by atoms with Crippen molar-refractivity contribution in [2.24, 2.45) is 5.92 Å². The fourth-order valence-corrected chi connectivity index (χ4v) is 2.71. The van der Waals surface area contributed by atoms with Crippen LogP contribution in [0.5, 0.6) is 0 Å². The number of anilines is 1. The van der Waals surface area contributed by atoms with E-state index in [2.05, 4.69) is 24.1 Å². The topological polar surface area (TPSA) is 58.2 Å². The minimum atomic E-state index is -0.284. The van der Waals surface area contributed by atoms with Gasteiger partial charge >= 0.3 is 0 Å². The third kappa shape index (κ3) is 4.18. The smallest absolute Gasteiger partial charge is 0.251 e. The van der Waals surface area contributed by atoms with Crippen LogP contribution in [0.4, 0.5) is 5.69 Å². The van der Waals surface area contributed by atoms with Gasteiger partial charge in [-0.1, -0.05) is 32.4 Å². The molecule has 4 nitrogen and oxygen atoms in total. The molecule has 2 N–H and O–H groups in total. The van der Waals surface area contributed by atoms with Gasteiger partial charge in [0.1, 0.15) is 0 Å². The third-order valence-electron chi connectivity index (χ3n) is 4.01. The second kappa shape index (κ2) is 7.07. The second-order valence-corrected chi connectivity index (χ2v) is 5.62. The maximum atomic E-state index is 12.3. The molecular formula is C17H22N2O2. The van der Waals surface area contributed by atoms with Crippen LogP contribution in [0.25, 0.3) is 0 Å². The summed E-state index contributed by atoms with van der Waals surface area (Å²) >= 11 is 0. The van der Waals surface area contributed by atoms with Crippen LogP contribution in [-0.4, -0.2) is 17.9 Å². The van der Waals surface area contributed by atoms with Crippen LogP contribution in [0.1, 0.15) is 43.0 Å². The molecule has 0 bridgehead atoms. The molecule has 112 valence electrons. The first kappa shape index (κ1) is 15.3. The van der Waals surface area contributed by atoms with Crippen LogP contribution >= 0.6 is 0 Å². The lowest BCUT2D eigenvalue weighted by Crippen LogP contribution is -2.41. The Bertz CT molecular complexity index is 539. The van der Waals surface area contributed by atoms with E-state index in [-0.39, 0.29) is 17.9 Å². The van der Waals surface area contributed by atoms with Gasteiger partial charge in [-0.3, -0.25) is 9.59 Å². The summed E-state index contributed by atoms with van der Waals surface area (Å²) in [5.41, 5.74) is 1.17. The number of rotatable bonds is 4. The molecule has 0 aromatic heterocycles. The van der Waals surface area contributed by atoms with E-state index in [1.807, 2.05) is 0 Å². The lowest BCUT2D eigenvalue weighted by Gasteiger charge is -2.29. The van der Waals surface area contributed by atoms with Gasteiger partial charge in [0.05, 0.1) is 0 Å². The lowest BCUT2D eigenvalue weighted by molar-refractivity contribution is -0.111. The Labute approximate surface area is 125 Å². The molecule has 1 aliphatic carbocycles. The third-order valence-corrected chi connectivity index (χ3v) is 4.01. The highest BCUT2D eigenvalue weighted by Crippen LogP contribution is 2.24. The van der Waals surface area contributed by atoms with Crippen molar-refractivity contribution in [3.63, 3.8) is 0 Å². The van der Waals surface area contributed by atoms with Crippen LogP contribution in [0.2, 0.25) is 0 Å². The van der Waals surface area contributed by atoms with Crippen molar-refractivity contribution in [2.75, 3.05) is 5.32 Å². The average Bonchev–Trinajstić information content (AvgIpc) is 2.49. The van der Waals surface area contributed by atoms with Crippen molar-refractivity contribution in [1.29, 1.82) is 0 Å². The summed E-state index contributed by atoms with van der Waals surface area (Å²) in [5, 5.41) is 5.77. The van der Waals surface area contributed by atoms with Gasteiger partial charge in [0.2, 0.25) is 5.91 Å². The van der Waals surface area contributed by atoms with Crippen molar-refractivity contribution in [2.45, 2.75) is 38.6 Å². The molecule has 2 atom stereocenters.